The van der Waals surface area contributed by atoms with E-state index in [-0.39, 0.29) is 11.4 Å². The van der Waals surface area contributed by atoms with Crippen molar-refractivity contribution in [1.82, 2.24) is 5.32 Å². The van der Waals surface area contributed by atoms with E-state index in [0.29, 0.717) is 5.69 Å². The molecule has 5 nitrogen and oxygen atoms in total. The van der Waals surface area contributed by atoms with Crippen LogP contribution >= 0.6 is 0 Å². The van der Waals surface area contributed by atoms with E-state index < -0.39 is 22.0 Å². The summed E-state index contributed by atoms with van der Waals surface area (Å²) in [6.07, 6.45) is 0. The lowest BCUT2D eigenvalue weighted by Crippen LogP contribution is -2.42. The topological polar surface area (TPSA) is 66.5 Å². The van der Waals surface area contributed by atoms with Gasteiger partial charge in [-0.2, -0.15) is 0 Å². The third-order valence-electron chi connectivity index (χ3n) is 6.31. The predicted octanol–water partition coefficient (Wildman–Crippen LogP) is 5.71. The number of anilines is 1. The molecule has 1 amide bonds. The summed E-state index contributed by atoms with van der Waals surface area (Å²) in [6.45, 7) is 5.46. The number of carbonyl (C=O) groups is 1. The zero-order chi connectivity index (χ0) is 25.7. The minimum atomic E-state index is -3.99. The molecule has 0 radical (unpaired) electrons. The number of amides is 1. The maximum atomic E-state index is 13.7. The summed E-state index contributed by atoms with van der Waals surface area (Å²) in [7, 11) is -3.99. The highest BCUT2D eigenvalue weighted by atomic mass is 32.2. The highest BCUT2D eigenvalue weighted by molar-refractivity contribution is 7.92. The Bertz CT molecular complexity index is 1440. The first-order valence-electron chi connectivity index (χ1n) is 11.8. The molecule has 0 bridgehead atoms. The number of benzene rings is 4. The SMILES string of the molecule is Cc1ccc([C@@H](NC(=O)CN(c2cccc(C)c2C)S(=O)(=O)c2ccccc2)c2ccccc2)cc1. The fraction of sp³-hybridized carbons (Fsp3) is 0.167. The minimum Gasteiger partial charge on any atom is -0.344 e. The molecule has 36 heavy (non-hydrogen) atoms. The summed E-state index contributed by atoms with van der Waals surface area (Å²) >= 11 is 0. The van der Waals surface area contributed by atoms with E-state index >= 15 is 0 Å². The molecule has 6 heteroatoms. The van der Waals surface area contributed by atoms with Crippen LogP contribution < -0.4 is 9.62 Å². The summed E-state index contributed by atoms with van der Waals surface area (Å²) in [6, 6.07) is 30.9. The van der Waals surface area contributed by atoms with Gasteiger partial charge in [0.25, 0.3) is 10.0 Å². The molecule has 0 heterocycles. The molecule has 0 aliphatic rings. The second kappa shape index (κ2) is 10.8. The van der Waals surface area contributed by atoms with Crippen molar-refractivity contribution in [3.05, 3.63) is 131 Å². The van der Waals surface area contributed by atoms with Crippen molar-refractivity contribution in [1.29, 1.82) is 0 Å². The largest absolute Gasteiger partial charge is 0.344 e. The maximum Gasteiger partial charge on any atom is 0.264 e. The molecule has 184 valence electrons. The smallest absolute Gasteiger partial charge is 0.264 e. The number of sulfonamides is 1. The molecular weight excluding hydrogens is 468 g/mol. The Kier molecular flexibility index (Phi) is 7.55. The Morgan fingerprint density at radius 2 is 1.33 bits per heavy atom. The highest BCUT2D eigenvalue weighted by Gasteiger charge is 2.29. The average molecular weight is 499 g/mol. The molecule has 4 aromatic rings. The van der Waals surface area contributed by atoms with Gasteiger partial charge in [-0.3, -0.25) is 9.10 Å². The molecule has 1 atom stereocenters. The Morgan fingerprint density at radius 1 is 0.750 bits per heavy atom. The predicted molar refractivity (Wildman–Crippen MR) is 144 cm³/mol. The second-order valence-corrected chi connectivity index (χ2v) is 10.7. The number of nitrogens with one attached hydrogen (secondary N) is 1. The normalized spacial score (nSPS) is 12.1. The van der Waals surface area contributed by atoms with Crippen molar-refractivity contribution in [2.24, 2.45) is 0 Å². The Hall–Kier alpha value is -3.90. The van der Waals surface area contributed by atoms with Gasteiger partial charge in [-0.1, -0.05) is 90.5 Å². The molecule has 0 saturated carbocycles. The van der Waals surface area contributed by atoms with Gasteiger partial charge in [0.05, 0.1) is 16.6 Å². The van der Waals surface area contributed by atoms with Crippen LogP contribution in [0.4, 0.5) is 5.69 Å². The van der Waals surface area contributed by atoms with Crippen LogP contribution in [0.2, 0.25) is 0 Å². The zero-order valence-electron chi connectivity index (χ0n) is 20.7. The second-order valence-electron chi connectivity index (χ2n) is 8.87. The Balaban J connectivity index is 1.71. The van der Waals surface area contributed by atoms with Crippen LogP contribution in [0, 0.1) is 20.8 Å². The lowest BCUT2D eigenvalue weighted by molar-refractivity contribution is -0.120. The Labute approximate surface area is 213 Å². The Morgan fingerprint density at radius 3 is 1.97 bits per heavy atom. The molecule has 1 N–H and O–H groups in total. The van der Waals surface area contributed by atoms with Gasteiger partial charge in [-0.15, -0.1) is 0 Å². The van der Waals surface area contributed by atoms with E-state index in [9.17, 15) is 13.2 Å². The molecule has 0 unspecified atom stereocenters. The van der Waals surface area contributed by atoms with E-state index in [1.165, 1.54) is 4.31 Å². The summed E-state index contributed by atoms with van der Waals surface area (Å²) in [4.78, 5) is 13.6. The molecule has 0 spiro atoms. The molecular formula is C30H30N2O3S. The standard InChI is InChI=1S/C30H30N2O3S/c1-22-17-19-26(20-18-22)30(25-12-6-4-7-13-25)31-29(33)21-32(28-16-10-11-23(2)24(28)3)36(34,35)27-14-8-5-9-15-27/h4-20,30H,21H2,1-3H3,(H,31,33)/t30-/m0/s1. The average Bonchev–Trinajstić information content (AvgIpc) is 2.89. The zero-order valence-corrected chi connectivity index (χ0v) is 21.5. The van der Waals surface area contributed by atoms with Crippen molar-refractivity contribution >= 4 is 21.6 Å². The third-order valence-corrected chi connectivity index (χ3v) is 8.09. The van der Waals surface area contributed by atoms with Crippen LogP contribution in [-0.2, 0) is 14.8 Å². The van der Waals surface area contributed by atoms with Crippen molar-refractivity contribution in [3.63, 3.8) is 0 Å². The van der Waals surface area contributed by atoms with Crippen molar-refractivity contribution < 1.29 is 13.2 Å². The van der Waals surface area contributed by atoms with Gasteiger partial charge < -0.3 is 5.32 Å². The molecule has 0 aromatic heterocycles. The molecule has 0 saturated heterocycles. The fourth-order valence-electron chi connectivity index (χ4n) is 4.13. The van der Waals surface area contributed by atoms with Crippen LogP contribution in [0.1, 0.15) is 33.9 Å². The van der Waals surface area contributed by atoms with Gasteiger partial charge in [-0.05, 0) is 61.2 Å². The van der Waals surface area contributed by atoms with Crippen LogP contribution in [0.3, 0.4) is 0 Å². The maximum absolute atomic E-state index is 13.7. The minimum absolute atomic E-state index is 0.136. The van der Waals surface area contributed by atoms with Crippen LogP contribution in [0.15, 0.2) is 108 Å². The van der Waals surface area contributed by atoms with Gasteiger partial charge >= 0.3 is 0 Å². The van der Waals surface area contributed by atoms with Crippen molar-refractivity contribution in [2.45, 2.75) is 31.7 Å². The van der Waals surface area contributed by atoms with E-state index in [1.807, 2.05) is 87.5 Å². The number of hydrogen-bond donors (Lipinski definition) is 1. The van der Waals surface area contributed by atoms with Crippen LogP contribution in [0.25, 0.3) is 0 Å². The first-order chi connectivity index (χ1) is 17.3. The van der Waals surface area contributed by atoms with Crippen LogP contribution in [-0.4, -0.2) is 20.9 Å². The molecule has 4 rings (SSSR count). The van der Waals surface area contributed by atoms with Gasteiger partial charge in [0.15, 0.2) is 0 Å². The van der Waals surface area contributed by atoms with E-state index in [4.69, 9.17) is 0 Å². The van der Waals surface area contributed by atoms with Crippen molar-refractivity contribution in [2.75, 3.05) is 10.8 Å². The lowest BCUT2D eigenvalue weighted by atomic mass is 9.98. The first kappa shape index (κ1) is 25.2. The van der Waals surface area contributed by atoms with E-state index in [0.717, 1.165) is 27.8 Å². The lowest BCUT2D eigenvalue weighted by Gasteiger charge is -2.28. The van der Waals surface area contributed by atoms with Crippen LogP contribution in [0.5, 0.6) is 0 Å². The first-order valence-corrected chi connectivity index (χ1v) is 13.3. The number of hydrogen-bond acceptors (Lipinski definition) is 3. The third kappa shape index (κ3) is 5.50. The monoisotopic (exact) mass is 498 g/mol. The summed E-state index contributed by atoms with van der Waals surface area (Å²) in [5, 5.41) is 3.08. The molecule has 0 fully saturated rings. The van der Waals surface area contributed by atoms with E-state index in [2.05, 4.69) is 5.32 Å². The van der Waals surface area contributed by atoms with Gasteiger partial charge in [0.2, 0.25) is 5.91 Å². The summed E-state index contributed by atoms with van der Waals surface area (Å²) in [5.41, 5.74) is 5.20. The molecule has 0 aliphatic heterocycles. The summed E-state index contributed by atoms with van der Waals surface area (Å²) < 4.78 is 28.7. The number of carbonyl (C=O) groups excluding carboxylic acids is 1. The molecule has 4 aromatic carbocycles. The summed E-state index contributed by atoms with van der Waals surface area (Å²) in [5.74, 6) is -0.398. The number of aryl methyl sites for hydroxylation is 2. The highest BCUT2D eigenvalue weighted by Crippen LogP contribution is 2.29. The van der Waals surface area contributed by atoms with E-state index in [1.54, 1.807) is 36.4 Å². The van der Waals surface area contributed by atoms with Crippen molar-refractivity contribution in [3.8, 4) is 0 Å². The fourth-order valence-corrected chi connectivity index (χ4v) is 5.63. The van der Waals surface area contributed by atoms with Gasteiger partial charge in [-0.25, -0.2) is 8.42 Å². The van der Waals surface area contributed by atoms with Gasteiger partial charge in [0, 0.05) is 0 Å². The number of rotatable bonds is 8. The van der Waals surface area contributed by atoms with Gasteiger partial charge in [0.1, 0.15) is 6.54 Å². The quantitative estimate of drug-likeness (QED) is 0.338. The number of nitrogens with zero attached hydrogens (tertiary/aromatic N) is 1. The molecule has 0 aliphatic carbocycles.